The van der Waals surface area contributed by atoms with E-state index in [0.29, 0.717) is 0 Å². The van der Waals surface area contributed by atoms with Crippen molar-refractivity contribution >= 4 is 5.71 Å². The first-order valence-electron chi connectivity index (χ1n) is 11.5. The van der Waals surface area contributed by atoms with E-state index in [1.54, 1.807) is 0 Å². The predicted molar refractivity (Wildman–Crippen MR) is 124 cm³/mol. The molecule has 4 heteroatoms. The molecule has 2 aliphatic heterocycles. The van der Waals surface area contributed by atoms with Crippen molar-refractivity contribution in [3.63, 3.8) is 0 Å². The Morgan fingerprint density at radius 3 is 2.37 bits per heavy atom. The topological polar surface area (TPSA) is 39.6 Å². The van der Waals surface area contributed by atoms with Crippen molar-refractivity contribution in [3.05, 3.63) is 58.6 Å². The fraction of sp³-hybridized carbons (Fsp3) is 0.577. The molecule has 2 fully saturated rings. The van der Waals surface area contributed by atoms with Gasteiger partial charge in [0.1, 0.15) is 11.5 Å². The van der Waals surface area contributed by atoms with Crippen LogP contribution in [0.3, 0.4) is 0 Å². The Labute approximate surface area is 182 Å². The summed E-state index contributed by atoms with van der Waals surface area (Å²) in [6.45, 7) is 15.2. The number of allylic oxidation sites excluding steroid dienone is 4. The third-order valence-corrected chi connectivity index (χ3v) is 7.43. The normalized spacial score (nSPS) is 28.1. The molecule has 0 spiro atoms. The van der Waals surface area contributed by atoms with Gasteiger partial charge in [-0.3, -0.25) is 4.90 Å². The molecule has 1 N–H and O–H groups in total. The number of aryl methyl sites for hydroxylation is 1. The number of piperazine rings is 1. The minimum atomic E-state index is -0.0774. The number of nitrogens with zero attached hydrogens (tertiary/aromatic N) is 2. The Morgan fingerprint density at radius 2 is 1.67 bits per heavy atom. The molecule has 2 unspecified atom stereocenters. The van der Waals surface area contributed by atoms with E-state index in [9.17, 15) is 0 Å². The maximum absolute atomic E-state index is 9.01. The van der Waals surface area contributed by atoms with Gasteiger partial charge in [-0.15, -0.1) is 0 Å². The largest absolute Gasteiger partial charge is 0.467 e. The van der Waals surface area contributed by atoms with Gasteiger partial charge in [0.15, 0.2) is 0 Å². The lowest BCUT2D eigenvalue weighted by molar-refractivity contribution is 0.110. The summed E-state index contributed by atoms with van der Waals surface area (Å²) in [5, 5.41) is 9.01. The van der Waals surface area contributed by atoms with Crippen molar-refractivity contribution in [2.24, 2.45) is 11.3 Å². The van der Waals surface area contributed by atoms with E-state index in [2.05, 4.69) is 60.9 Å². The van der Waals surface area contributed by atoms with Crippen molar-refractivity contribution in [3.8, 4) is 0 Å². The number of ether oxygens (including phenoxy) is 1. The molecule has 1 saturated carbocycles. The van der Waals surface area contributed by atoms with Crippen LogP contribution in [0.2, 0.25) is 0 Å². The first-order chi connectivity index (χ1) is 14.4. The molecule has 0 aromatic heterocycles. The summed E-state index contributed by atoms with van der Waals surface area (Å²) in [6, 6.07) is 10.8. The highest BCUT2D eigenvalue weighted by Crippen LogP contribution is 2.50. The lowest BCUT2D eigenvalue weighted by Crippen LogP contribution is -2.50. The lowest BCUT2D eigenvalue weighted by Gasteiger charge is -2.39. The molecule has 162 valence electrons. The van der Waals surface area contributed by atoms with Gasteiger partial charge in [0.2, 0.25) is 0 Å². The van der Waals surface area contributed by atoms with Crippen molar-refractivity contribution in [2.45, 2.75) is 47.0 Å². The van der Waals surface area contributed by atoms with Crippen LogP contribution in [-0.4, -0.2) is 54.8 Å². The van der Waals surface area contributed by atoms with Crippen LogP contribution in [0.25, 0.3) is 0 Å². The van der Waals surface area contributed by atoms with Gasteiger partial charge in [-0.2, -0.15) is 0 Å². The molecular formula is C26H37N3O. The van der Waals surface area contributed by atoms with Gasteiger partial charge >= 0.3 is 0 Å². The summed E-state index contributed by atoms with van der Waals surface area (Å²) in [4.78, 5) is 5.19. The Bertz CT molecular complexity index is 848. The fourth-order valence-electron chi connectivity index (χ4n) is 5.48. The molecule has 4 nitrogen and oxygen atoms in total. The van der Waals surface area contributed by atoms with E-state index in [4.69, 9.17) is 10.1 Å². The highest BCUT2D eigenvalue weighted by atomic mass is 16.5. The molecule has 30 heavy (non-hydrogen) atoms. The minimum Gasteiger partial charge on any atom is -0.467 e. The number of benzene rings is 1. The smallest absolute Gasteiger partial charge is 0.101 e. The molecule has 4 rings (SSSR count). The molecule has 2 atom stereocenters. The number of hydrogen-bond donors (Lipinski definition) is 1. The van der Waals surface area contributed by atoms with Crippen LogP contribution in [-0.2, 0) is 11.2 Å². The van der Waals surface area contributed by atoms with E-state index in [1.165, 1.54) is 36.1 Å². The first-order valence-corrected chi connectivity index (χ1v) is 11.5. The summed E-state index contributed by atoms with van der Waals surface area (Å²) < 4.78 is 5.97. The summed E-state index contributed by atoms with van der Waals surface area (Å²) >= 11 is 0. The van der Waals surface area contributed by atoms with Crippen molar-refractivity contribution in [1.82, 2.24) is 9.80 Å². The monoisotopic (exact) mass is 407 g/mol. The molecule has 2 heterocycles. The predicted octanol–water partition coefficient (Wildman–Crippen LogP) is 4.88. The fourth-order valence-corrected chi connectivity index (χ4v) is 5.48. The van der Waals surface area contributed by atoms with Crippen LogP contribution >= 0.6 is 0 Å². The van der Waals surface area contributed by atoms with Gasteiger partial charge in [0.25, 0.3) is 0 Å². The molecule has 1 saturated heterocycles. The van der Waals surface area contributed by atoms with Gasteiger partial charge < -0.3 is 15.0 Å². The Hall–Kier alpha value is -1.91. The van der Waals surface area contributed by atoms with Gasteiger partial charge in [0.05, 0.1) is 0 Å². The second kappa shape index (κ2) is 8.68. The average molecular weight is 408 g/mol. The van der Waals surface area contributed by atoms with Gasteiger partial charge in [0, 0.05) is 49.8 Å². The summed E-state index contributed by atoms with van der Waals surface area (Å²) in [7, 11) is 0. The molecule has 1 aliphatic carbocycles. The molecule has 1 aromatic rings. The van der Waals surface area contributed by atoms with E-state index in [-0.39, 0.29) is 11.3 Å². The Morgan fingerprint density at radius 1 is 1.00 bits per heavy atom. The summed E-state index contributed by atoms with van der Waals surface area (Å²) in [5.74, 6) is 2.18. The molecule has 0 radical (unpaired) electrons. The van der Waals surface area contributed by atoms with E-state index < -0.39 is 0 Å². The zero-order chi connectivity index (χ0) is 21.3. The van der Waals surface area contributed by atoms with Crippen molar-refractivity contribution in [2.75, 3.05) is 39.3 Å². The maximum atomic E-state index is 9.01. The molecule has 1 aromatic carbocycles. The van der Waals surface area contributed by atoms with E-state index in [1.807, 2.05) is 6.92 Å². The lowest BCUT2D eigenvalue weighted by atomic mass is 9.83. The zero-order valence-corrected chi connectivity index (χ0v) is 19.1. The van der Waals surface area contributed by atoms with Gasteiger partial charge in [-0.05, 0) is 63.3 Å². The average Bonchev–Trinajstić information content (AvgIpc) is 3.00. The third kappa shape index (κ3) is 4.26. The molecule has 0 bridgehead atoms. The van der Waals surface area contributed by atoms with Crippen LogP contribution in [0.4, 0.5) is 0 Å². The highest BCUT2D eigenvalue weighted by Gasteiger charge is 2.48. The zero-order valence-electron chi connectivity index (χ0n) is 19.1. The van der Waals surface area contributed by atoms with Crippen LogP contribution in [0.1, 0.15) is 46.1 Å². The van der Waals surface area contributed by atoms with E-state index >= 15 is 0 Å². The summed E-state index contributed by atoms with van der Waals surface area (Å²) in [6.07, 6.45) is 3.36. The SMILES string of the molecule is CC1=C(C)C2C(=N)C(C)(CN3CCN(CCCc4ccccc4)CC3)CC2=C(C)O1. The second-order valence-electron chi connectivity index (χ2n) is 9.71. The number of rotatable bonds is 6. The van der Waals surface area contributed by atoms with Crippen LogP contribution in [0.5, 0.6) is 0 Å². The van der Waals surface area contributed by atoms with Gasteiger partial charge in [-0.1, -0.05) is 37.3 Å². The standard InChI is InChI=1S/C26H37N3O/c1-19-20(2)30-21(3)23-17-26(4,25(27)24(19)23)18-29-15-13-28(14-16-29)12-8-11-22-9-6-5-7-10-22/h5-7,9-10,24,27H,8,11-18H2,1-4H3. The quantitative estimate of drug-likeness (QED) is 0.730. The highest BCUT2D eigenvalue weighted by molar-refractivity contribution is 5.97. The molecule has 3 aliphatic rings. The summed E-state index contributed by atoms with van der Waals surface area (Å²) in [5.41, 5.74) is 4.82. The molecular weight excluding hydrogens is 370 g/mol. The maximum Gasteiger partial charge on any atom is 0.101 e. The molecule has 0 amide bonds. The van der Waals surface area contributed by atoms with Crippen LogP contribution in [0, 0.1) is 16.7 Å². The Balaban J connectivity index is 1.29. The van der Waals surface area contributed by atoms with Crippen LogP contribution in [0.15, 0.2) is 53.0 Å². The second-order valence-corrected chi connectivity index (χ2v) is 9.71. The third-order valence-electron chi connectivity index (χ3n) is 7.43. The van der Waals surface area contributed by atoms with Crippen LogP contribution < -0.4 is 0 Å². The first kappa shape index (κ1) is 21.3. The van der Waals surface area contributed by atoms with E-state index in [0.717, 1.165) is 56.4 Å². The number of hydrogen-bond acceptors (Lipinski definition) is 4. The number of fused-ring (bicyclic) bond motifs is 1. The van der Waals surface area contributed by atoms with Crippen molar-refractivity contribution < 1.29 is 4.74 Å². The van der Waals surface area contributed by atoms with Gasteiger partial charge in [-0.25, -0.2) is 0 Å². The van der Waals surface area contributed by atoms with Crippen molar-refractivity contribution in [1.29, 1.82) is 5.41 Å². The minimum absolute atomic E-state index is 0.0774. The Kier molecular flexibility index (Phi) is 6.17. The number of nitrogens with one attached hydrogen (secondary N) is 1.